The second kappa shape index (κ2) is 7.39. The van der Waals surface area contributed by atoms with Crippen LogP contribution in [-0.2, 0) is 23.9 Å². The van der Waals surface area contributed by atoms with Gasteiger partial charge in [0.15, 0.2) is 0 Å². The van der Waals surface area contributed by atoms with Crippen LogP contribution in [0.3, 0.4) is 0 Å². The minimum absolute atomic E-state index is 0.165. The van der Waals surface area contributed by atoms with Crippen LogP contribution in [0.15, 0.2) is 36.7 Å². The molecule has 1 aromatic carbocycles. The number of para-hydroxylation sites is 1. The lowest BCUT2D eigenvalue weighted by molar-refractivity contribution is -0.0852. The van der Waals surface area contributed by atoms with Crippen molar-refractivity contribution in [2.75, 3.05) is 44.3 Å². The molecule has 1 saturated heterocycles. The van der Waals surface area contributed by atoms with Crippen LogP contribution in [-0.4, -0.2) is 59.0 Å². The van der Waals surface area contributed by atoms with Gasteiger partial charge in [-0.3, -0.25) is 4.90 Å². The topological polar surface area (TPSA) is 53.8 Å². The van der Waals surface area contributed by atoms with Crippen LogP contribution in [0.5, 0.6) is 0 Å². The van der Waals surface area contributed by atoms with Crippen molar-refractivity contribution in [1.29, 1.82) is 0 Å². The second-order valence-corrected chi connectivity index (χ2v) is 7.30. The Labute approximate surface area is 155 Å². The molecule has 1 N–H and O–H groups in total. The van der Waals surface area contributed by atoms with Crippen LogP contribution in [0, 0.1) is 0 Å². The van der Waals surface area contributed by atoms with E-state index in [4.69, 9.17) is 4.74 Å². The van der Waals surface area contributed by atoms with Crippen molar-refractivity contribution >= 4 is 5.69 Å². The number of benzene rings is 1. The molecule has 0 bridgehead atoms. The van der Waals surface area contributed by atoms with Crippen molar-refractivity contribution < 1.29 is 9.84 Å². The smallest absolute Gasteiger partial charge is 0.122 e. The van der Waals surface area contributed by atoms with Gasteiger partial charge in [0.05, 0.1) is 25.4 Å². The zero-order valence-electron chi connectivity index (χ0n) is 15.5. The third-order valence-electron chi connectivity index (χ3n) is 5.79. The number of nitrogens with zero attached hydrogens (tertiary/aromatic N) is 4. The van der Waals surface area contributed by atoms with Gasteiger partial charge < -0.3 is 19.3 Å². The SMILES string of the molecule is Cn1ccnc1CN1CCC2(CC1)OCCN(CCO)c1ccccc12. The maximum absolute atomic E-state index is 9.42. The number of aliphatic hydroxyl groups is 1. The Morgan fingerprint density at radius 3 is 2.73 bits per heavy atom. The Kier molecular flexibility index (Phi) is 4.98. The number of imidazole rings is 1. The summed E-state index contributed by atoms with van der Waals surface area (Å²) >= 11 is 0. The summed E-state index contributed by atoms with van der Waals surface area (Å²) in [6.45, 7) is 5.24. The number of β-amino-alcohol motifs (C(OH)–C–C–N with tert-alkyl or cyclic N) is 1. The maximum atomic E-state index is 9.42. The molecule has 1 aromatic heterocycles. The van der Waals surface area contributed by atoms with Crippen molar-refractivity contribution in [3.8, 4) is 0 Å². The molecular formula is C20H28N4O2. The highest BCUT2D eigenvalue weighted by Crippen LogP contribution is 2.43. The van der Waals surface area contributed by atoms with Gasteiger partial charge in [-0.25, -0.2) is 4.98 Å². The van der Waals surface area contributed by atoms with Gasteiger partial charge in [-0.1, -0.05) is 18.2 Å². The number of fused-ring (bicyclic) bond motifs is 2. The lowest BCUT2D eigenvalue weighted by atomic mass is 9.83. The number of likely N-dealkylation sites (tertiary alicyclic amines) is 1. The van der Waals surface area contributed by atoms with Gasteiger partial charge in [-0.2, -0.15) is 0 Å². The van der Waals surface area contributed by atoms with E-state index in [0.717, 1.165) is 44.8 Å². The second-order valence-electron chi connectivity index (χ2n) is 7.30. The van der Waals surface area contributed by atoms with Crippen LogP contribution >= 0.6 is 0 Å². The van der Waals surface area contributed by atoms with Crippen molar-refractivity contribution in [2.24, 2.45) is 7.05 Å². The highest BCUT2D eigenvalue weighted by Gasteiger charge is 2.41. The van der Waals surface area contributed by atoms with Gasteiger partial charge in [0.2, 0.25) is 0 Å². The van der Waals surface area contributed by atoms with Gasteiger partial charge in [-0.05, 0) is 18.9 Å². The number of rotatable bonds is 4. The van der Waals surface area contributed by atoms with Crippen molar-refractivity contribution in [2.45, 2.75) is 25.0 Å². The number of aromatic nitrogens is 2. The van der Waals surface area contributed by atoms with E-state index in [9.17, 15) is 5.11 Å². The normalized spacial score (nSPS) is 20.2. The van der Waals surface area contributed by atoms with Crippen LogP contribution in [0.4, 0.5) is 5.69 Å². The fraction of sp³-hybridized carbons (Fsp3) is 0.550. The third kappa shape index (κ3) is 3.24. The first-order chi connectivity index (χ1) is 12.7. The molecule has 0 aliphatic carbocycles. The van der Waals surface area contributed by atoms with E-state index < -0.39 is 0 Å². The van der Waals surface area contributed by atoms with Crippen LogP contribution in [0.2, 0.25) is 0 Å². The molecule has 0 saturated carbocycles. The van der Waals surface area contributed by atoms with Gasteiger partial charge in [0.1, 0.15) is 5.82 Å². The lowest BCUT2D eigenvalue weighted by Gasteiger charge is -2.41. The Balaban J connectivity index is 1.53. The minimum Gasteiger partial charge on any atom is -0.395 e. The monoisotopic (exact) mass is 356 g/mol. The standard InChI is InChI=1S/C20H28N4O2/c1-22-11-8-21-19(22)16-23-9-6-20(7-10-23)17-4-2-3-5-18(17)24(12-14-25)13-15-26-20/h2-5,8,11,25H,6-7,9-10,12-16H2,1H3. The van der Waals surface area contributed by atoms with E-state index >= 15 is 0 Å². The molecule has 0 atom stereocenters. The molecule has 3 heterocycles. The molecule has 0 radical (unpaired) electrons. The summed E-state index contributed by atoms with van der Waals surface area (Å²) in [7, 11) is 2.05. The Morgan fingerprint density at radius 1 is 1.19 bits per heavy atom. The van der Waals surface area contributed by atoms with Crippen LogP contribution in [0.1, 0.15) is 24.2 Å². The minimum atomic E-state index is -0.209. The third-order valence-corrected chi connectivity index (χ3v) is 5.79. The molecule has 2 aliphatic rings. The van der Waals surface area contributed by atoms with Gasteiger partial charge in [-0.15, -0.1) is 0 Å². The number of anilines is 1. The average Bonchev–Trinajstić information content (AvgIpc) is 3.00. The number of hydrogen-bond acceptors (Lipinski definition) is 5. The fourth-order valence-corrected chi connectivity index (χ4v) is 4.27. The largest absolute Gasteiger partial charge is 0.395 e. The predicted octanol–water partition coefficient (Wildman–Crippen LogP) is 1.74. The Hall–Kier alpha value is -1.89. The summed E-state index contributed by atoms with van der Waals surface area (Å²) < 4.78 is 8.56. The summed E-state index contributed by atoms with van der Waals surface area (Å²) in [6, 6.07) is 8.56. The lowest BCUT2D eigenvalue weighted by Crippen LogP contribution is -2.44. The molecule has 0 unspecified atom stereocenters. The maximum Gasteiger partial charge on any atom is 0.122 e. The molecule has 0 amide bonds. The molecule has 1 fully saturated rings. The molecule has 2 aromatic rings. The highest BCUT2D eigenvalue weighted by molar-refractivity contribution is 5.57. The van der Waals surface area contributed by atoms with Crippen molar-refractivity contribution in [3.05, 3.63) is 48.0 Å². The van der Waals surface area contributed by atoms with E-state index in [1.54, 1.807) is 0 Å². The Bertz CT molecular complexity index is 737. The van der Waals surface area contributed by atoms with Crippen molar-refractivity contribution in [3.63, 3.8) is 0 Å². The van der Waals surface area contributed by atoms with E-state index in [2.05, 4.69) is 43.6 Å². The molecular weight excluding hydrogens is 328 g/mol. The first-order valence-corrected chi connectivity index (χ1v) is 9.50. The average molecular weight is 356 g/mol. The van der Waals surface area contributed by atoms with E-state index in [1.807, 2.05) is 19.4 Å². The summed E-state index contributed by atoms with van der Waals surface area (Å²) in [6.07, 6.45) is 5.84. The van der Waals surface area contributed by atoms with Crippen molar-refractivity contribution in [1.82, 2.24) is 14.5 Å². The number of hydrogen-bond donors (Lipinski definition) is 1. The van der Waals surface area contributed by atoms with Gasteiger partial charge in [0.25, 0.3) is 0 Å². The molecule has 2 aliphatic heterocycles. The molecule has 140 valence electrons. The summed E-state index contributed by atoms with van der Waals surface area (Å²) in [5, 5.41) is 9.42. The number of piperidine rings is 1. The molecule has 26 heavy (non-hydrogen) atoms. The first kappa shape index (κ1) is 17.5. The number of aryl methyl sites for hydroxylation is 1. The van der Waals surface area contributed by atoms with Gasteiger partial charge >= 0.3 is 0 Å². The summed E-state index contributed by atoms with van der Waals surface area (Å²) in [5.74, 6) is 1.11. The fourth-order valence-electron chi connectivity index (χ4n) is 4.27. The zero-order valence-corrected chi connectivity index (χ0v) is 15.5. The first-order valence-electron chi connectivity index (χ1n) is 9.50. The zero-order chi connectivity index (χ0) is 18.0. The van der Waals surface area contributed by atoms with Crippen LogP contribution < -0.4 is 4.90 Å². The summed E-state index contributed by atoms with van der Waals surface area (Å²) in [4.78, 5) is 9.18. The number of ether oxygens (including phenoxy) is 1. The number of aliphatic hydroxyl groups excluding tert-OH is 1. The van der Waals surface area contributed by atoms with E-state index in [1.165, 1.54) is 11.3 Å². The summed E-state index contributed by atoms with van der Waals surface area (Å²) in [5.41, 5.74) is 2.29. The Morgan fingerprint density at radius 2 is 2.00 bits per heavy atom. The van der Waals surface area contributed by atoms with Crippen LogP contribution in [0.25, 0.3) is 0 Å². The van der Waals surface area contributed by atoms with E-state index in [0.29, 0.717) is 13.2 Å². The molecule has 4 rings (SSSR count). The van der Waals surface area contributed by atoms with E-state index in [-0.39, 0.29) is 12.2 Å². The molecule has 6 nitrogen and oxygen atoms in total. The molecule has 6 heteroatoms. The highest BCUT2D eigenvalue weighted by atomic mass is 16.5. The molecule has 1 spiro atoms. The quantitative estimate of drug-likeness (QED) is 0.904. The van der Waals surface area contributed by atoms with Gasteiger partial charge in [0, 0.05) is 56.9 Å². The predicted molar refractivity (Wildman–Crippen MR) is 101 cm³/mol.